The maximum Gasteiger partial charge on any atom is 0.188 e. The van der Waals surface area contributed by atoms with Crippen LogP contribution in [0.15, 0.2) is 152 Å². The third-order valence-electron chi connectivity index (χ3n) is 9.61. The minimum atomic E-state index is 0.552. The van der Waals surface area contributed by atoms with E-state index in [0.717, 1.165) is 77.2 Å². The van der Waals surface area contributed by atoms with Gasteiger partial charge in [-0.15, -0.1) is 0 Å². The second-order valence-electron chi connectivity index (χ2n) is 12.3. The molecule has 5 heteroatoms. The lowest BCUT2D eigenvalue weighted by Gasteiger charge is -2.16. The van der Waals surface area contributed by atoms with Crippen LogP contribution in [0.4, 0.5) is 5.69 Å². The van der Waals surface area contributed by atoms with Crippen LogP contribution in [0.2, 0.25) is 0 Å². The summed E-state index contributed by atoms with van der Waals surface area (Å²) in [4.78, 5) is 3.67. The van der Waals surface area contributed by atoms with Crippen LogP contribution in [0, 0.1) is 29.2 Å². The second kappa shape index (κ2) is 11.4. The maximum atomic E-state index is 10.7. The fraction of sp³-hybridized carbons (Fsp3) is 0. The number of aromatic nitrogens is 2. The molecule has 5 nitrogen and oxygen atoms in total. The molecule has 7 aromatic carbocycles. The van der Waals surface area contributed by atoms with Crippen molar-refractivity contribution in [2.45, 2.75) is 0 Å². The molecule has 0 spiro atoms. The zero-order valence-electron chi connectivity index (χ0n) is 26.7. The number of benzene rings is 7. The predicted octanol–water partition coefficient (Wildman–Crippen LogP) is 11.5. The molecule has 0 amide bonds. The van der Waals surface area contributed by atoms with Gasteiger partial charge in [-0.05, 0) is 77.2 Å². The van der Waals surface area contributed by atoms with E-state index < -0.39 is 0 Å². The highest BCUT2D eigenvalue weighted by molar-refractivity contribution is 6.11. The minimum Gasteiger partial charge on any atom is -0.309 e. The van der Waals surface area contributed by atoms with Gasteiger partial charge in [-0.2, -0.15) is 10.5 Å². The Morgan fingerprint density at radius 2 is 1.02 bits per heavy atom. The molecule has 9 aromatic rings. The molecule has 0 aliphatic heterocycles. The molecule has 0 saturated heterocycles. The Morgan fingerprint density at radius 3 is 1.74 bits per heavy atom. The van der Waals surface area contributed by atoms with Crippen LogP contribution in [-0.4, -0.2) is 9.13 Å². The van der Waals surface area contributed by atoms with Crippen LogP contribution in [0.5, 0.6) is 0 Å². The Bertz CT molecular complexity index is 2850. The molecule has 0 bridgehead atoms. The second-order valence-corrected chi connectivity index (χ2v) is 12.3. The molecular formula is C45H25N5. The highest BCUT2D eigenvalue weighted by Crippen LogP contribution is 2.40. The molecule has 9 rings (SSSR count). The van der Waals surface area contributed by atoms with Crippen molar-refractivity contribution in [2.75, 3.05) is 0 Å². The number of nitrogens with zero attached hydrogens (tertiary/aromatic N) is 5. The van der Waals surface area contributed by atoms with Crippen LogP contribution in [0.25, 0.3) is 82.1 Å². The first kappa shape index (κ1) is 28.8. The van der Waals surface area contributed by atoms with E-state index >= 15 is 0 Å². The molecule has 0 fully saturated rings. The van der Waals surface area contributed by atoms with Crippen molar-refractivity contribution >= 4 is 49.3 Å². The summed E-state index contributed by atoms with van der Waals surface area (Å²) >= 11 is 0. The van der Waals surface area contributed by atoms with E-state index in [-0.39, 0.29) is 0 Å². The highest BCUT2D eigenvalue weighted by Gasteiger charge is 2.19. The summed E-state index contributed by atoms with van der Waals surface area (Å²) in [6, 6.07) is 55.7. The Morgan fingerprint density at radius 1 is 0.460 bits per heavy atom. The quantitative estimate of drug-likeness (QED) is 0.181. The molecule has 0 radical (unpaired) electrons. The SMILES string of the molecule is [C-]#[N+]c1ccc2c(c1)c1cc(C#N)ccc1n2-c1ccccc1-c1cccc(-c2cccc(-n3c4ccccc4c4ccccc43)c2C#N)c1. The third-order valence-corrected chi connectivity index (χ3v) is 9.61. The Kier molecular flexibility index (Phi) is 6.56. The van der Waals surface area contributed by atoms with Crippen LogP contribution in [0.3, 0.4) is 0 Å². The van der Waals surface area contributed by atoms with E-state index in [1.165, 1.54) is 0 Å². The van der Waals surface area contributed by atoms with Gasteiger partial charge in [-0.1, -0.05) is 91.0 Å². The van der Waals surface area contributed by atoms with Gasteiger partial charge < -0.3 is 9.13 Å². The summed E-state index contributed by atoms with van der Waals surface area (Å²) in [6.07, 6.45) is 0. The number of para-hydroxylation sites is 3. The number of fused-ring (bicyclic) bond motifs is 6. The Hall–Kier alpha value is -7.39. The highest BCUT2D eigenvalue weighted by atomic mass is 15.0. The largest absolute Gasteiger partial charge is 0.309 e. The van der Waals surface area contributed by atoms with Gasteiger partial charge in [0.05, 0.1) is 57.2 Å². The fourth-order valence-electron chi connectivity index (χ4n) is 7.44. The summed E-state index contributed by atoms with van der Waals surface area (Å²) < 4.78 is 4.41. The molecule has 2 heterocycles. The standard InChI is InChI=1S/C45H25N5/c1-48-32-21-23-45-38(26-32)37-24-29(27-46)20-22-44(37)49(45)40-16-5-2-12-34(40)31-11-8-10-30(25-31)33-15-9-19-43(39(33)28-47)50-41-17-6-3-13-35(41)36-14-4-7-18-42(36)50/h2-26H. The molecule has 0 saturated carbocycles. The lowest BCUT2D eigenvalue weighted by molar-refractivity contribution is 1.17. The lowest BCUT2D eigenvalue weighted by Crippen LogP contribution is -2.00. The van der Waals surface area contributed by atoms with E-state index in [1.807, 2.05) is 84.9 Å². The van der Waals surface area contributed by atoms with Gasteiger partial charge in [-0.3, -0.25) is 0 Å². The van der Waals surface area contributed by atoms with E-state index in [2.05, 4.69) is 92.8 Å². The lowest BCUT2D eigenvalue weighted by atomic mass is 9.94. The first-order valence-electron chi connectivity index (χ1n) is 16.3. The average molecular weight is 636 g/mol. The molecule has 50 heavy (non-hydrogen) atoms. The first-order valence-corrected chi connectivity index (χ1v) is 16.3. The van der Waals surface area contributed by atoms with Crippen molar-refractivity contribution < 1.29 is 0 Å². The fourth-order valence-corrected chi connectivity index (χ4v) is 7.44. The topological polar surface area (TPSA) is 61.8 Å². The first-order chi connectivity index (χ1) is 24.7. The van der Waals surface area contributed by atoms with E-state index in [0.29, 0.717) is 16.8 Å². The van der Waals surface area contributed by atoms with Gasteiger partial charge in [0.2, 0.25) is 0 Å². The average Bonchev–Trinajstić information content (AvgIpc) is 3.69. The smallest absolute Gasteiger partial charge is 0.188 e. The van der Waals surface area contributed by atoms with Gasteiger partial charge >= 0.3 is 0 Å². The summed E-state index contributed by atoms with van der Waals surface area (Å²) in [5, 5.41) is 24.6. The molecule has 0 unspecified atom stereocenters. The normalized spacial score (nSPS) is 11.1. The van der Waals surface area contributed by atoms with Crippen LogP contribution >= 0.6 is 0 Å². The summed E-state index contributed by atoms with van der Waals surface area (Å²) in [5.74, 6) is 0. The Labute approximate surface area is 288 Å². The zero-order valence-corrected chi connectivity index (χ0v) is 26.7. The summed E-state index contributed by atoms with van der Waals surface area (Å²) in [7, 11) is 0. The van der Waals surface area contributed by atoms with Crippen molar-refractivity contribution in [2.24, 2.45) is 0 Å². The molecule has 0 aliphatic carbocycles. The predicted molar refractivity (Wildman–Crippen MR) is 202 cm³/mol. The number of rotatable bonds is 4. The number of hydrogen-bond acceptors (Lipinski definition) is 2. The maximum absolute atomic E-state index is 10.7. The summed E-state index contributed by atoms with van der Waals surface area (Å²) in [6.45, 7) is 7.61. The van der Waals surface area contributed by atoms with E-state index in [4.69, 9.17) is 6.57 Å². The monoisotopic (exact) mass is 635 g/mol. The molecule has 230 valence electrons. The van der Waals surface area contributed by atoms with Crippen molar-refractivity contribution in [1.82, 2.24) is 9.13 Å². The Balaban J connectivity index is 1.24. The van der Waals surface area contributed by atoms with Crippen LogP contribution < -0.4 is 0 Å². The van der Waals surface area contributed by atoms with Crippen LogP contribution in [0.1, 0.15) is 11.1 Å². The van der Waals surface area contributed by atoms with Gasteiger partial charge in [0.25, 0.3) is 0 Å². The molecule has 2 aromatic heterocycles. The minimum absolute atomic E-state index is 0.552. The van der Waals surface area contributed by atoms with Crippen molar-refractivity contribution in [3.05, 3.63) is 174 Å². The van der Waals surface area contributed by atoms with Gasteiger partial charge in [0.15, 0.2) is 5.69 Å². The van der Waals surface area contributed by atoms with E-state index in [1.54, 1.807) is 0 Å². The summed E-state index contributed by atoms with van der Waals surface area (Å²) in [5.41, 5.74) is 11.4. The van der Waals surface area contributed by atoms with E-state index in [9.17, 15) is 10.5 Å². The number of nitriles is 2. The molecular weight excluding hydrogens is 611 g/mol. The molecule has 0 atom stereocenters. The zero-order chi connectivity index (χ0) is 33.8. The van der Waals surface area contributed by atoms with Crippen molar-refractivity contribution in [3.63, 3.8) is 0 Å². The van der Waals surface area contributed by atoms with Crippen LogP contribution in [-0.2, 0) is 0 Å². The molecule has 0 aliphatic rings. The van der Waals surface area contributed by atoms with Gasteiger partial charge in [-0.25, -0.2) is 4.85 Å². The van der Waals surface area contributed by atoms with Gasteiger partial charge in [0, 0.05) is 27.3 Å². The van der Waals surface area contributed by atoms with Gasteiger partial charge in [0.1, 0.15) is 6.07 Å². The third kappa shape index (κ3) is 4.31. The van der Waals surface area contributed by atoms with Crippen molar-refractivity contribution in [3.8, 4) is 45.8 Å². The van der Waals surface area contributed by atoms with Crippen molar-refractivity contribution in [1.29, 1.82) is 10.5 Å². The molecule has 0 N–H and O–H groups in total. The number of hydrogen-bond donors (Lipinski definition) is 0.